The molecule has 5 heteroatoms. The topological polar surface area (TPSA) is 48.0 Å². The molecule has 0 radical (unpaired) electrons. The van der Waals surface area contributed by atoms with Gasteiger partial charge in [-0.3, -0.25) is 4.79 Å². The minimum absolute atomic E-state index is 0.0296. The van der Waals surface area contributed by atoms with Crippen molar-refractivity contribution in [3.05, 3.63) is 0 Å². The molecule has 0 saturated carbocycles. The highest BCUT2D eigenvalue weighted by atomic mass is 16.7. The van der Waals surface area contributed by atoms with Gasteiger partial charge in [-0.15, -0.1) is 0 Å². The molecule has 2 unspecified atom stereocenters. The van der Waals surface area contributed by atoms with E-state index in [1.165, 1.54) is 0 Å². The van der Waals surface area contributed by atoms with Crippen molar-refractivity contribution >= 4 is 5.97 Å². The number of rotatable bonds is 9. The highest BCUT2D eigenvalue weighted by Crippen LogP contribution is 2.34. The predicted octanol–water partition coefficient (Wildman–Crippen LogP) is 2.44. The maximum Gasteiger partial charge on any atom is 0.305 e. The van der Waals surface area contributed by atoms with Gasteiger partial charge in [-0.05, 0) is 33.5 Å². The highest BCUT2D eigenvalue weighted by molar-refractivity contribution is 5.69. The molecule has 1 heterocycles. The number of ether oxygens (including phenoxy) is 3. The van der Waals surface area contributed by atoms with Gasteiger partial charge < -0.3 is 19.1 Å². The van der Waals surface area contributed by atoms with Crippen LogP contribution in [0.2, 0.25) is 0 Å². The van der Waals surface area contributed by atoms with Crippen LogP contribution in [0.25, 0.3) is 0 Å². The predicted molar refractivity (Wildman–Crippen MR) is 82.0 cm³/mol. The molecule has 0 bridgehead atoms. The molecule has 1 fully saturated rings. The molecular formula is C16H31NO4. The number of carbonyl (C=O) groups is 1. The van der Waals surface area contributed by atoms with E-state index in [2.05, 4.69) is 25.7 Å². The van der Waals surface area contributed by atoms with Crippen LogP contribution in [0, 0.1) is 5.92 Å². The first kappa shape index (κ1) is 18.4. The molecule has 1 aliphatic rings. The standard InChI is InChI=1S/C16H31NO4/c1-6-16(13(2)3)20-12-14(21-16)9-11-19-15(18)8-7-10-17(4)5/h13-14H,6-12H2,1-5H3. The summed E-state index contributed by atoms with van der Waals surface area (Å²) in [6.07, 6.45) is 2.88. The first-order chi connectivity index (χ1) is 9.89. The second-order valence-corrected chi connectivity index (χ2v) is 6.29. The van der Waals surface area contributed by atoms with Crippen LogP contribution in [-0.4, -0.2) is 56.6 Å². The molecule has 21 heavy (non-hydrogen) atoms. The molecule has 2 atom stereocenters. The summed E-state index contributed by atoms with van der Waals surface area (Å²) < 4.78 is 17.1. The fourth-order valence-electron chi connectivity index (χ4n) is 2.54. The molecule has 1 saturated heterocycles. The van der Waals surface area contributed by atoms with Gasteiger partial charge in [0.25, 0.3) is 0 Å². The lowest BCUT2D eigenvalue weighted by Crippen LogP contribution is -2.36. The Hall–Kier alpha value is -0.650. The van der Waals surface area contributed by atoms with Gasteiger partial charge >= 0.3 is 5.97 Å². The minimum atomic E-state index is -0.458. The number of nitrogens with zero attached hydrogens (tertiary/aromatic N) is 1. The third-order valence-corrected chi connectivity index (χ3v) is 3.94. The zero-order valence-electron chi connectivity index (χ0n) is 14.2. The van der Waals surface area contributed by atoms with Gasteiger partial charge in [0, 0.05) is 18.8 Å². The molecule has 1 rings (SSSR count). The van der Waals surface area contributed by atoms with Crippen molar-refractivity contribution in [3.8, 4) is 0 Å². The van der Waals surface area contributed by atoms with E-state index >= 15 is 0 Å². The summed E-state index contributed by atoms with van der Waals surface area (Å²) >= 11 is 0. The van der Waals surface area contributed by atoms with Crippen LogP contribution in [0.1, 0.15) is 46.5 Å². The van der Waals surface area contributed by atoms with Gasteiger partial charge in [0.05, 0.1) is 19.3 Å². The lowest BCUT2D eigenvalue weighted by molar-refractivity contribution is -0.200. The Morgan fingerprint density at radius 1 is 1.43 bits per heavy atom. The number of esters is 1. The summed E-state index contributed by atoms with van der Waals surface area (Å²) in [5.74, 6) is -0.261. The zero-order valence-corrected chi connectivity index (χ0v) is 14.2. The lowest BCUT2D eigenvalue weighted by atomic mass is 10.0. The maximum absolute atomic E-state index is 11.6. The summed E-state index contributed by atoms with van der Waals surface area (Å²) in [5, 5.41) is 0. The summed E-state index contributed by atoms with van der Waals surface area (Å²) in [5.41, 5.74) is 0. The van der Waals surface area contributed by atoms with Gasteiger partial charge in [-0.25, -0.2) is 0 Å². The fraction of sp³-hybridized carbons (Fsp3) is 0.938. The quantitative estimate of drug-likeness (QED) is 0.612. The summed E-state index contributed by atoms with van der Waals surface area (Å²) in [6.45, 7) is 8.19. The Kier molecular flexibility index (Phi) is 7.63. The van der Waals surface area contributed by atoms with Crippen LogP contribution in [0.4, 0.5) is 0 Å². The second-order valence-electron chi connectivity index (χ2n) is 6.29. The summed E-state index contributed by atoms with van der Waals surface area (Å²) in [6, 6.07) is 0. The normalized spacial score (nSPS) is 25.8. The molecule has 0 N–H and O–H groups in total. The Labute approximate surface area is 128 Å². The number of hydrogen-bond acceptors (Lipinski definition) is 5. The Morgan fingerprint density at radius 3 is 2.67 bits per heavy atom. The SMILES string of the molecule is CCC1(C(C)C)OCC(CCOC(=O)CCCN(C)C)O1. The molecule has 0 aromatic carbocycles. The third kappa shape index (κ3) is 5.93. The Morgan fingerprint density at radius 2 is 2.14 bits per heavy atom. The van der Waals surface area contributed by atoms with Crippen LogP contribution in [0.3, 0.4) is 0 Å². The minimum Gasteiger partial charge on any atom is -0.466 e. The van der Waals surface area contributed by atoms with Crippen molar-refractivity contribution in [3.63, 3.8) is 0 Å². The molecule has 5 nitrogen and oxygen atoms in total. The molecule has 0 amide bonds. The van der Waals surface area contributed by atoms with E-state index in [9.17, 15) is 4.79 Å². The van der Waals surface area contributed by atoms with Crippen LogP contribution in [0.15, 0.2) is 0 Å². The summed E-state index contributed by atoms with van der Waals surface area (Å²) in [4.78, 5) is 13.6. The maximum atomic E-state index is 11.6. The average Bonchev–Trinajstić information content (AvgIpc) is 2.83. The molecule has 0 aromatic rings. The molecule has 0 aliphatic carbocycles. The van der Waals surface area contributed by atoms with Gasteiger partial charge in [0.1, 0.15) is 0 Å². The second kappa shape index (κ2) is 8.71. The van der Waals surface area contributed by atoms with Gasteiger partial charge in [-0.1, -0.05) is 20.8 Å². The van der Waals surface area contributed by atoms with Gasteiger partial charge in [0.15, 0.2) is 5.79 Å². The molecule has 124 valence electrons. The Bertz CT molecular complexity index is 319. The van der Waals surface area contributed by atoms with E-state index < -0.39 is 5.79 Å². The zero-order chi connectivity index (χ0) is 15.9. The summed E-state index contributed by atoms with van der Waals surface area (Å²) in [7, 11) is 3.99. The van der Waals surface area contributed by atoms with Gasteiger partial charge in [-0.2, -0.15) is 0 Å². The molecule has 0 spiro atoms. The van der Waals surface area contributed by atoms with Crippen molar-refractivity contribution < 1.29 is 19.0 Å². The van der Waals surface area contributed by atoms with Crippen LogP contribution in [0.5, 0.6) is 0 Å². The average molecular weight is 301 g/mol. The smallest absolute Gasteiger partial charge is 0.305 e. The monoisotopic (exact) mass is 301 g/mol. The van der Waals surface area contributed by atoms with E-state index in [0.29, 0.717) is 32.0 Å². The van der Waals surface area contributed by atoms with Crippen LogP contribution >= 0.6 is 0 Å². The van der Waals surface area contributed by atoms with Crippen LogP contribution < -0.4 is 0 Å². The van der Waals surface area contributed by atoms with Crippen molar-refractivity contribution in [2.24, 2.45) is 5.92 Å². The largest absolute Gasteiger partial charge is 0.466 e. The van der Waals surface area contributed by atoms with Crippen LogP contribution in [-0.2, 0) is 19.0 Å². The van der Waals surface area contributed by atoms with E-state index in [-0.39, 0.29) is 12.1 Å². The van der Waals surface area contributed by atoms with Crippen molar-refractivity contribution in [2.45, 2.75) is 58.3 Å². The first-order valence-corrected chi connectivity index (χ1v) is 8.01. The van der Waals surface area contributed by atoms with Crippen molar-refractivity contribution in [1.82, 2.24) is 4.90 Å². The van der Waals surface area contributed by atoms with E-state index in [1.54, 1.807) is 0 Å². The van der Waals surface area contributed by atoms with Crippen molar-refractivity contribution in [2.75, 3.05) is 33.9 Å². The lowest BCUT2D eigenvalue weighted by Gasteiger charge is -2.30. The number of hydrogen-bond donors (Lipinski definition) is 0. The third-order valence-electron chi connectivity index (χ3n) is 3.94. The van der Waals surface area contributed by atoms with Crippen molar-refractivity contribution in [1.29, 1.82) is 0 Å². The molecular weight excluding hydrogens is 270 g/mol. The van der Waals surface area contributed by atoms with E-state index in [0.717, 1.165) is 19.4 Å². The molecule has 1 aliphatic heterocycles. The van der Waals surface area contributed by atoms with Gasteiger partial charge in [0.2, 0.25) is 0 Å². The Balaban J connectivity index is 2.18. The highest BCUT2D eigenvalue weighted by Gasteiger charge is 2.42. The number of carbonyl (C=O) groups excluding carboxylic acids is 1. The first-order valence-electron chi connectivity index (χ1n) is 8.01. The van der Waals surface area contributed by atoms with E-state index in [1.807, 2.05) is 14.1 Å². The fourth-order valence-corrected chi connectivity index (χ4v) is 2.54. The van der Waals surface area contributed by atoms with E-state index in [4.69, 9.17) is 14.2 Å². The molecule has 0 aromatic heterocycles.